The molecule has 2 rings (SSSR count). The van der Waals surface area contributed by atoms with E-state index in [1.807, 2.05) is 52.0 Å². The van der Waals surface area contributed by atoms with Crippen LogP contribution in [0.3, 0.4) is 0 Å². The SMILES string of the molecule is CCC(C)NC(=O)C1CC(=O)N(c2ccccc2OC(C)C)C1. The average Bonchev–Trinajstić information content (AvgIpc) is 2.89. The number of benzene rings is 1. The number of hydrogen-bond acceptors (Lipinski definition) is 3. The lowest BCUT2D eigenvalue weighted by atomic mass is 10.1. The first-order chi connectivity index (χ1) is 10.9. The van der Waals surface area contributed by atoms with Crippen molar-refractivity contribution in [1.82, 2.24) is 5.32 Å². The van der Waals surface area contributed by atoms with E-state index in [9.17, 15) is 9.59 Å². The highest BCUT2D eigenvalue weighted by molar-refractivity contribution is 6.01. The molecule has 23 heavy (non-hydrogen) atoms. The normalized spacial score (nSPS) is 19.1. The first kappa shape index (κ1) is 17.3. The minimum atomic E-state index is -0.302. The van der Waals surface area contributed by atoms with Crippen LogP contribution < -0.4 is 15.0 Å². The van der Waals surface area contributed by atoms with E-state index in [0.29, 0.717) is 12.3 Å². The fourth-order valence-electron chi connectivity index (χ4n) is 2.61. The van der Waals surface area contributed by atoms with E-state index >= 15 is 0 Å². The molecule has 5 nitrogen and oxygen atoms in total. The second-order valence-corrected chi connectivity index (χ2v) is 6.36. The third kappa shape index (κ3) is 4.24. The number of rotatable bonds is 6. The molecule has 1 aromatic rings. The molecule has 1 saturated heterocycles. The minimum Gasteiger partial charge on any atom is -0.489 e. The van der Waals surface area contributed by atoms with Crippen LogP contribution in [0.1, 0.15) is 40.5 Å². The number of carbonyl (C=O) groups is 2. The highest BCUT2D eigenvalue weighted by Gasteiger charge is 2.36. The van der Waals surface area contributed by atoms with Crippen LogP contribution in [0.2, 0.25) is 0 Å². The number of ether oxygens (including phenoxy) is 1. The van der Waals surface area contributed by atoms with Gasteiger partial charge in [-0.15, -0.1) is 0 Å². The lowest BCUT2D eigenvalue weighted by molar-refractivity contribution is -0.126. The van der Waals surface area contributed by atoms with Crippen molar-refractivity contribution in [1.29, 1.82) is 0 Å². The zero-order chi connectivity index (χ0) is 17.0. The maximum atomic E-state index is 12.4. The Morgan fingerprint density at radius 1 is 1.35 bits per heavy atom. The van der Waals surface area contributed by atoms with Gasteiger partial charge in [0.2, 0.25) is 11.8 Å². The number of para-hydroxylation sites is 2. The van der Waals surface area contributed by atoms with Gasteiger partial charge in [0.15, 0.2) is 0 Å². The topological polar surface area (TPSA) is 58.6 Å². The highest BCUT2D eigenvalue weighted by Crippen LogP contribution is 2.33. The fourth-order valence-corrected chi connectivity index (χ4v) is 2.61. The molecule has 0 bridgehead atoms. The van der Waals surface area contributed by atoms with Crippen LogP contribution in [-0.2, 0) is 9.59 Å². The molecule has 1 aromatic carbocycles. The monoisotopic (exact) mass is 318 g/mol. The van der Waals surface area contributed by atoms with E-state index in [4.69, 9.17) is 4.74 Å². The predicted molar refractivity (Wildman–Crippen MR) is 90.6 cm³/mol. The van der Waals surface area contributed by atoms with Crippen LogP contribution >= 0.6 is 0 Å². The second-order valence-electron chi connectivity index (χ2n) is 6.36. The largest absolute Gasteiger partial charge is 0.489 e. The highest BCUT2D eigenvalue weighted by atomic mass is 16.5. The van der Waals surface area contributed by atoms with Gasteiger partial charge in [0.1, 0.15) is 5.75 Å². The summed E-state index contributed by atoms with van der Waals surface area (Å²) in [6, 6.07) is 7.61. The zero-order valence-corrected chi connectivity index (χ0v) is 14.3. The predicted octanol–water partition coefficient (Wildman–Crippen LogP) is 2.74. The molecule has 126 valence electrons. The van der Waals surface area contributed by atoms with Crippen LogP contribution in [0.25, 0.3) is 0 Å². The van der Waals surface area contributed by atoms with E-state index in [1.165, 1.54) is 0 Å². The van der Waals surface area contributed by atoms with E-state index in [2.05, 4.69) is 5.32 Å². The molecule has 2 unspecified atom stereocenters. The van der Waals surface area contributed by atoms with Gasteiger partial charge in [-0.25, -0.2) is 0 Å². The van der Waals surface area contributed by atoms with Crippen LogP contribution in [0, 0.1) is 5.92 Å². The first-order valence-corrected chi connectivity index (χ1v) is 8.28. The Morgan fingerprint density at radius 3 is 2.70 bits per heavy atom. The van der Waals surface area contributed by atoms with Gasteiger partial charge in [-0.3, -0.25) is 9.59 Å². The maximum Gasteiger partial charge on any atom is 0.227 e. The molecule has 0 saturated carbocycles. The summed E-state index contributed by atoms with van der Waals surface area (Å²) in [5.41, 5.74) is 0.741. The van der Waals surface area contributed by atoms with Crippen LogP contribution in [-0.4, -0.2) is 30.5 Å². The summed E-state index contributed by atoms with van der Waals surface area (Å²) in [6.45, 7) is 8.30. The lowest BCUT2D eigenvalue weighted by Gasteiger charge is -2.22. The molecule has 0 aromatic heterocycles. The quantitative estimate of drug-likeness (QED) is 0.877. The fraction of sp³-hybridized carbons (Fsp3) is 0.556. The first-order valence-electron chi connectivity index (χ1n) is 8.28. The molecule has 1 N–H and O–H groups in total. The molecule has 2 amide bonds. The van der Waals surface area contributed by atoms with Gasteiger partial charge in [-0.05, 0) is 39.3 Å². The third-order valence-electron chi connectivity index (χ3n) is 4.02. The van der Waals surface area contributed by atoms with Gasteiger partial charge < -0.3 is 15.0 Å². The second kappa shape index (κ2) is 7.49. The third-order valence-corrected chi connectivity index (χ3v) is 4.02. The Kier molecular flexibility index (Phi) is 5.64. The number of anilines is 1. The van der Waals surface area contributed by atoms with E-state index in [1.54, 1.807) is 4.90 Å². The van der Waals surface area contributed by atoms with Gasteiger partial charge in [0.05, 0.1) is 17.7 Å². The summed E-state index contributed by atoms with van der Waals surface area (Å²) < 4.78 is 5.79. The minimum absolute atomic E-state index is 0.0263. The van der Waals surface area contributed by atoms with Crippen molar-refractivity contribution in [3.8, 4) is 5.75 Å². The van der Waals surface area contributed by atoms with Gasteiger partial charge in [-0.1, -0.05) is 19.1 Å². The molecule has 0 spiro atoms. The Hall–Kier alpha value is -2.04. The van der Waals surface area contributed by atoms with Crippen LogP contribution in [0.15, 0.2) is 24.3 Å². The molecule has 2 atom stereocenters. The molecule has 1 heterocycles. The molecular formula is C18H26N2O3. The maximum absolute atomic E-state index is 12.4. The Morgan fingerprint density at radius 2 is 2.04 bits per heavy atom. The summed E-state index contributed by atoms with van der Waals surface area (Å²) in [7, 11) is 0. The molecule has 5 heteroatoms. The Bertz CT molecular complexity index is 571. The smallest absolute Gasteiger partial charge is 0.227 e. The number of nitrogens with one attached hydrogen (secondary N) is 1. The van der Waals surface area contributed by atoms with Crippen LogP contribution in [0.5, 0.6) is 5.75 Å². The van der Waals surface area contributed by atoms with E-state index < -0.39 is 0 Å². The molecule has 0 radical (unpaired) electrons. The Balaban J connectivity index is 2.13. The molecule has 1 fully saturated rings. The van der Waals surface area contributed by atoms with Gasteiger partial charge in [0.25, 0.3) is 0 Å². The van der Waals surface area contributed by atoms with Crippen molar-refractivity contribution in [2.24, 2.45) is 5.92 Å². The van der Waals surface area contributed by atoms with Gasteiger partial charge in [-0.2, -0.15) is 0 Å². The summed E-state index contributed by atoms with van der Waals surface area (Å²) in [5, 5.41) is 2.96. The van der Waals surface area contributed by atoms with Crippen molar-refractivity contribution >= 4 is 17.5 Å². The van der Waals surface area contributed by atoms with Gasteiger partial charge >= 0.3 is 0 Å². The van der Waals surface area contributed by atoms with E-state index in [0.717, 1.165) is 12.1 Å². The van der Waals surface area contributed by atoms with Crippen molar-refractivity contribution in [2.45, 2.75) is 52.7 Å². The van der Waals surface area contributed by atoms with Crippen molar-refractivity contribution in [3.05, 3.63) is 24.3 Å². The zero-order valence-electron chi connectivity index (χ0n) is 14.3. The number of carbonyl (C=O) groups excluding carboxylic acids is 2. The summed E-state index contributed by atoms with van der Waals surface area (Å²) in [5.74, 6) is 0.300. The average molecular weight is 318 g/mol. The van der Waals surface area contributed by atoms with Crippen molar-refractivity contribution in [2.75, 3.05) is 11.4 Å². The van der Waals surface area contributed by atoms with Crippen molar-refractivity contribution < 1.29 is 14.3 Å². The van der Waals surface area contributed by atoms with Crippen molar-refractivity contribution in [3.63, 3.8) is 0 Å². The number of amides is 2. The van der Waals surface area contributed by atoms with Crippen LogP contribution in [0.4, 0.5) is 5.69 Å². The molecule has 1 aliphatic heterocycles. The molecular weight excluding hydrogens is 292 g/mol. The summed E-state index contributed by atoms with van der Waals surface area (Å²) in [6.07, 6.45) is 1.15. The molecule has 1 aliphatic rings. The number of hydrogen-bond donors (Lipinski definition) is 1. The van der Waals surface area contributed by atoms with Gasteiger partial charge in [0, 0.05) is 19.0 Å². The number of nitrogens with zero attached hydrogens (tertiary/aromatic N) is 1. The lowest BCUT2D eigenvalue weighted by Crippen LogP contribution is -2.38. The van der Waals surface area contributed by atoms with E-state index in [-0.39, 0.29) is 36.3 Å². The standard InChI is InChI=1S/C18H26N2O3/c1-5-13(4)19-18(22)14-10-17(21)20(11-14)15-8-6-7-9-16(15)23-12(2)3/h6-9,12-14H,5,10-11H2,1-4H3,(H,19,22). The molecule has 0 aliphatic carbocycles. The summed E-state index contributed by atoms with van der Waals surface area (Å²) >= 11 is 0. The Labute approximate surface area is 138 Å². The summed E-state index contributed by atoms with van der Waals surface area (Å²) in [4.78, 5) is 26.3.